The molecule has 42 heavy (non-hydrogen) atoms. The number of hydrogen-bond acceptors (Lipinski definition) is 8. The quantitative estimate of drug-likeness (QED) is 0.195. The first-order valence-corrected chi connectivity index (χ1v) is 14.2. The van der Waals surface area contributed by atoms with Crippen molar-refractivity contribution in [2.24, 2.45) is 0 Å². The number of rotatable bonds is 10. The van der Waals surface area contributed by atoms with Crippen LogP contribution >= 0.6 is 0 Å². The van der Waals surface area contributed by atoms with Crippen LogP contribution in [-0.2, 0) is 11.2 Å². The van der Waals surface area contributed by atoms with Crippen molar-refractivity contribution in [3.8, 4) is 0 Å². The minimum Gasteiger partial charge on any atom is -0.351 e. The third-order valence-electron chi connectivity index (χ3n) is 7.56. The standard InChI is InChI=1S/C31H37N9O2/c1-5-20-19-32-40-28(20)37-30(35-23-14-16-26(17-15-23)39(3)4)38-31(40)36-25-9-7-8-24(18-25)34-29(42)21-10-12-22(13-11-21)33-27(41)6-2/h6-13,18-19,23,26H,2,5,14-17H2,1,3-4H3,(H,33,41)(H,34,42)(H2,35,36,37,38)/t23-,26-. The van der Waals surface area contributed by atoms with Gasteiger partial charge >= 0.3 is 0 Å². The highest BCUT2D eigenvalue weighted by Gasteiger charge is 2.23. The van der Waals surface area contributed by atoms with Crippen LogP contribution < -0.4 is 21.3 Å². The molecule has 2 heterocycles. The van der Waals surface area contributed by atoms with Gasteiger partial charge in [0, 0.05) is 40.3 Å². The lowest BCUT2D eigenvalue weighted by Crippen LogP contribution is -2.36. The van der Waals surface area contributed by atoms with Gasteiger partial charge in [-0.3, -0.25) is 9.59 Å². The van der Waals surface area contributed by atoms with Gasteiger partial charge in [-0.05, 0) is 94.7 Å². The first-order chi connectivity index (χ1) is 20.3. The van der Waals surface area contributed by atoms with Crippen LogP contribution in [0.25, 0.3) is 5.65 Å². The lowest BCUT2D eigenvalue weighted by molar-refractivity contribution is -0.111. The van der Waals surface area contributed by atoms with E-state index in [0.717, 1.165) is 49.0 Å². The topological polar surface area (TPSA) is 129 Å². The second-order valence-electron chi connectivity index (χ2n) is 10.7. The van der Waals surface area contributed by atoms with E-state index in [9.17, 15) is 9.59 Å². The lowest BCUT2D eigenvalue weighted by atomic mass is 9.91. The molecule has 5 rings (SSSR count). The number of carbonyl (C=O) groups excluding carboxylic acids is 2. The largest absolute Gasteiger partial charge is 0.351 e. The fraction of sp³-hybridized carbons (Fsp3) is 0.323. The molecule has 11 heteroatoms. The molecule has 4 aromatic rings. The summed E-state index contributed by atoms with van der Waals surface area (Å²) in [5.41, 5.74) is 4.19. The van der Waals surface area contributed by atoms with E-state index in [4.69, 9.17) is 9.97 Å². The molecule has 4 N–H and O–H groups in total. The molecular weight excluding hydrogens is 530 g/mol. The van der Waals surface area contributed by atoms with Gasteiger partial charge in [-0.15, -0.1) is 0 Å². The van der Waals surface area contributed by atoms with Crippen molar-refractivity contribution in [2.45, 2.75) is 51.1 Å². The molecule has 0 spiro atoms. The Morgan fingerprint density at radius 1 is 1.00 bits per heavy atom. The van der Waals surface area contributed by atoms with Crippen LogP contribution in [0.3, 0.4) is 0 Å². The van der Waals surface area contributed by atoms with E-state index >= 15 is 0 Å². The van der Waals surface area contributed by atoms with Crippen molar-refractivity contribution in [2.75, 3.05) is 35.4 Å². The Balaban J connectivity index is 1.31. The molecular formula is C31H37N9O2. The number of fused-ring (bicyclic) bond motifs is 1. The number of carbonyl (C=O) groups is 2. The molecule has 2 amide bonds. The number of anilines is 5. The van der Waals surface area contributed by atoms with Gasteiger partial charge in [-0.1, -0.05) is 19.6 Å². The minimum absolute atomic E-state index is 0.270. The van der Waals surface area contributed by atoms with Crippen LogP contribution in [0.2, 0.25) is 0 Å². The summed E-state index contributed by atoms with van der Waals surface area (Å²) in [4.78, 5) is 36.3. The Kier molecular flexibility index (Phi) is 8.77. The Hall–Kier alpha value is -4.77. The summed E-state index contributed by atoms with van der Waals surface area (Å²) < 4.78 is 1.71. The molecule has 1 fully saturated rings. The number of aromatic nitrogens is 4. The number of amides is 2. The highest BCUT2D eigenvalue weighted by Crippen LogP contribution is 2.26. The summed E-state index contributed by atoms with van der Waals surface area (Å²) in [7, 11) is 4.29. The summed E-state index contributed by atoms with van der Waals surface area (Å²) in [6.07, 6.45) is 8.22. The van der Waals surface area contributed by atoms with Gasteiger partial charge in [-0.25, -0.2) is 0 Å². The second-order valence-corrected chi connectivity index (χ2v) is 10.7. The summed E-state index contributed by atoms with van der Waals surface area (Å²) in [6, 6.07) is 15.0. The first-order valence-electron chi connectivity index (χ1n) is 14.2. The van der Waals surface area contributed by atoms with Crippen LogP contribution in [0.1, 0.15) is 48.5 Å². The van der Waals surface area contributed by atoms with E-state index in [2.05, 4.69) is 58.9 Å². The zero-order valence-electron chi connectivity index (χ0n) is 24.2. The maximum Gasteiger partial charge on any atom is 0.255 e. The fourth-order valence-corrected chi connectivity index (χ4v) is 5.14. The predicted molar refractivity (Wildman–Crippen MR) is 166 cm³/mol. The monoisotopic (exact) mass is 567 g/mol. The average Bonchev–Trinajstić information content (AvgIpc) is 3.41. The molecule has 2 aromatic carbocycles. The number of aryl methyl sites for hydroxylation is 1. The maximum absolute atomic E-state index is 12.9. The Labute approximate surface area is 245 Å². The smallest absolute Gasteiger partial charge is 0.255 e. The van der Waals surface area contributed by atoms with E-state index in [1.54, 1.807) is 28.8 Å². The normalized spacial score (nSPS) is 16.7. The Bertz CT molecular complexity index is 1570. The van der Waals surface area contributed by atoms with E-state index in [0.29, 0.717) is 40.9 Å². The Morgan fingerprint density at radius 3 is 2.43 bits per heavy atom. The molecule has 1 saturated carbocycles. The van der Waals surface area contributed by atoms with Gasteiger partial charge in [0.05, 0.1) is 6.20 Å². The van der Waals surface area contributed by atoms with Crippen LogP contribution in [0.4, 0.5) is 29.0 Å². The van der Waals surface area contributed by atoms with E-state index < -0.39 is 0 Å². The van der Waals surface area contributed by atoms with Crippen LogP contribution in [0.5, 0.6) is 0 Å². The van der Waals surface area contributed by atoms with Gasteiger partial charge in [0.2, 0.25) is 17.8 Å². The van der Waals surface area contributed by atoms with E-state index in [1.807, 2.05) is 30.5 Å². The van der Waals surface area contributed by atoms with Gasteiger partial charge in [0.25, 0.3) is 5.91 Å². The van der Waals surface area contributed by atoms with Crippen LogP contribution in [0, 0.1) is 0 Å². The molecule has 218 valence electrons. The SMILES string of the molecule is C=CC(=O)Nc1ccc(C(=O)Nc2cccc(Nc3nc(N[C@H]4CC[C@H](N(C)C)CC4)nc4c(CC)cnn34)c2)cc1. The van der Waals surface area contributed by atoms with Crippen molar-refractivity contribution in [1.29, 1.82) is 0 Å². The molecule has 0 atom stereocenters. The molecule has 0 unspecified atom stereocenters. The van der Waals surface area contributed by atoms with Crippen molar-refractivity contribution >= 4 is 46.4 Å². The third-order valence-corrected chi connectivity index (χ3v) is 7.56. The Morgan fingerprint density at radius 2 is 1.74 bits per heavy atom. The predicted octanol–water partition coefficient (Wildman–Crippen LogP) is 5.09. The number of benzene rings is 2. The van der Waals surface area contributed by atoms with Gasteiger partial charge in [-0.2, -0.15) is 19.6 Å². The van der Waals surface area contributed by atoms with Gasteiger partial charge in [0.1, 0.15) is 0 Å². The van der Waals surface area contributed by atoms with E-state index in [1.165, 1.54) is 6.08 Å². The van der Waals surface area contributed by atoms with E-state index in [-0.39, 0.29) is 11.8 Å². The minimum atomic E-state index is -0.312. The molecule has 11 nitrogen and oxygen atoms in total. The van der Waals surface area contributed by atoms with Gasteiger partial charge in [0.15, 0.2) is 5.65 Å². The number of hydrogen-bond donors (Lipinski definition) is 4. The van der Waals surface area contributed by atoms with Crippen molar-refractivity contribution in [3.05, 3.63) is 78.5 Å². The summed E-state index contributed by atoms with van der Waals surface area (Å²) in [5, 5.41) is 17.1. The highest BCUT2D eigenvalue weighted by molar-refractivity contribution is 6.05. The first kappa shape index (κ1) is 28.7. The molecule has 0 saturated heterocycles. The molecule has 1 aliphatic rings. The fourth-order valence-electron chi connectivity index (χ4n) is 5.14. The highest BCUT2D eigenvalue weighted by atomic mass is 16.2. The average molecular weight is 568 g/mol. The van der Waals surface area contributed by atoms with Crippen LogP contribution in [-0.4, -0.2) is 62.5 Å². The zero-order valence-corrected chi connectivity index (χ0v) is 24.2. The summed E-state index contributed by atoms with van der Waals surface area (Å²) in [6.45, 7) is 5.52. The number of nitrogens with one attached hydrogen (secondary N) is 4. The van der Waals surface area contributed by atoms with Crippen molar-refractivity contribution in [1.82, 2.24) is 24.5 Å². The van der Waals surface area contributed by atoms with Gasteiger partial charge < -0.3 is 26.2 Å². The molecule has 0 aliphatic heterocycles. The maximum atomic E-state index is 12.9. The third kappa shape index (κ3) is 6.74. The second kappa shape index (κ2) is 12.8. The number of nitrogens with zero attached hydrogens (tertiary/aromatic N) is 5. The summed E-state index contributed by atoms with van der Waals surface area (Å²) in [5.74, 6) is 0.525. The molecule has 0 bridgehead atoms. The molecule has 2 aromatic heterocycles. The molecule has 0 radical (unpaired) electrons. The van der Waals surface area contributed by atoms with Crippen molar-refractivity contribution < 1.29 is 9.59 Å². The molecule has 1 aliphatic carbocycles. The lowest BCUT2D eigenvalue weighted by Gasteiger charge is -2.33. The zero-order chi connectivity index (χ0) is 29.6. The van der Waals surface area contributed by atoms with Crippen molar-refractivity contribution in [3.63, 3.8) is 0 Å². The summed E-state index contributed by atoms with van der Waals surface area (Å²) >= 11 is 0. The van der Waals surface area contributed by atoms with Crippen LogP contribution in [0.15, 0.2) is 67.4 Å².